The van der Waals surface area contributed by atoms with E-state index in [1.165, 1.54) is 16.7 Å². The molecule has 1 aromatic rings. The molecule has 1 aliphatic rings. The number of hydrogen-bond acceptors (Lipinski definition) is 7. The quantitative estimate of drug-likeness (QED) is 0.469. The zero-order chi connectivity index (χ0) is 19.1. The second kappa shape index (κ2) is 9.59. The summed E-state index contributed by atoms with van der Waals surface area (Å²) in [4.78, 5) is 24.9. The van der Waals surface area contributed by atoms with Crippen molar-refractivity contribution >= 4 is 46.3 Å². The SMILES string of the molecule is CCCOc1ccc(/C=C2\SC(=S)N(CCCC(=O)[O-])C2=O)cc1OC. The highest BCUT2D eigenvalue weighted by atomic mass is 32.2. The van der Waals surface area contributed by atoms with Crippen molar-refractivity contribution in [3.63, 3.8) is 0 Å². The summed E-state index contributed by atoms with van der Waals surface area (Å²) >= 11 is 6.43. The van der Waals surface area contributed by atoms with Crippen LogP contribution in [0.5, 0.6) is 11.5 Å². The first kappa shape index (κ1) is 20.3. The molecular weight excluding hydrogens is 374 g/mol. The Morgan fingerprint density at radius 1 is 1.38 bits per heavy atom. The van der Waals surface area contributed by atoms with E-state index in [9.17, 15) is 14.7 Å². The number of carboxylic acid groups (broad SMARTS) is 1. The van der Waals surface area contributed by atoms with E-state index < -0.39 is 5.97 Å². The lowest BCUT2D eigenvalue weighted by molar-refractivity contribution is -0.305. The third-order valence-corrected chi connectivity index (χ3v) is 4.96. The van der Waals surface area contributed by atoms with Gasteiger partial charge in [0, 0.05) is 12.5 Å². The van der Waals surface area contributed by atoms with Gasteiger partial charge in [-0.2, -0.15) is 0 Å². The first-order valence-electron chi connectivity index (χ1n) is 8.22. The molecule has 1 saturated heterocycles. The number of carbonyl (C=O) groups excluding carboxylic acids is 2. The highest BCUT2D eigenvalue weighted by molar-refractivity contribution is 8.26. The van der Waals surface area contributed by atoms with Crippen LogP contribution in [0.25, 0.3) is 6.08 Å². The predicted molar refractivity (Wildman–Crippen MR) is 103 cm³/mol. The first-order valence-corrected chi connectivity index (χ1v) is 9.44. The van der Waals surface area contributed by atoms with Crippen LogP contribution in [0.3, 0.4) is 0 Å². The molecule has 0 unspecified atom stereocenters. The number of benzene rings is 1. The van der Waals surface area contributed by atoms with Crippen molar-refractivity contribution in [3.05, 3.63) is 28.7 Å². The van der Waals surface area contributed by atoms with E-state index >= 15 is 0 Å². The monoisotopic (exact) mass is 394 g/mol. The fourth-order valence-corrected chi connectivity index (χ4v) is 3.64. The van der Waals surface area contributed by atoms with Gasteiger partial charge in [-0.05, 0) is 43.0 Å². The molecule has 26 heavy (non-hydrogen) atoms. The van der Waals surface area contributed by atoms with Crippen LogP contribution in [0.4, 0.5) is 0 Å². The Kier molecular flexibility index (Phi) is 7.47. The minimum atomic E-state index is -1.14. The van der Waals surface area contributed by atoms with E-state index in [1.54, 1.807) is 25.3 Å². The average molecular weight is 394 g/mol. The third kappa shape index (κ3) is 5.22. The molecule has 1 heterocycles. The minimum Gasteiger partial charge on any atom is -0.550 e. The smallest absolute Gasteiger partial charge is 0.266 e. The third-order valence-electron chi connectivity index (χ3n) is 3.58. The molecule has 0 spiro atoms. The maximum atomic E-state index is 12.5. The van der Waals surface area contributed by atoms with E-state index in [-0.39, 0.29) is 18.9 Å². The van der Waals surface area contributed by atoms with Gasteiger partial charge in [0.25, 0.3) is 5.91 Å². The number of methoxy groups -OCH3 is 1. The molecule has 6 nitrogen and oxygen atoms in total. The van der Waals surface area contributed by atoms with Gasteiger partial charge in [-0.15, -0.1) is 0 Å². The molecule has 0 N–H and O–H groups in total. The van der Waals surface area contributed by atoms with Crippen molar-refractivity contribution in [1.29, 1.82) is 0 Å². The lowest BCUT2D eigenvalue weighted by Crippen LogP contribution is -2.30. The molecule has 1 aromatic carbocycles. The Balaban J connectivity index is 2.12. The Morgan fingerprint density at radius 2 is 2.15 bits per heavy atom. The molecule has 0 radical (unpaired) electrons. The van der Waals surface area contributed by atoms with E-state index in [1.807, 2.05) is 13.0 Å². The van der Waals surface area contributed by atoms with Crippen LogP contribution in [0.2, 0.25) is 0 Å². The van der Waals surface area contributed by atoms with Crippen molar-refractivity contribution in [2.75, 3.05) is 20.3 Å². The van der Waals surface area contributed by atoms with Crippen LogP contribution in [-0.4, -0.2) is 41.4 Å². The van der Waals surface area contributed by atoms with E-state index in [0.29, 0.717) is 33.8 Å². The van der Waals surface area contributed by atoms with Gasteiger partial charge in [0.1, 0.15) is 4.32 Å². The van der Waals surface area contributed by atoms with Crippen molar-refractivity contribution < 1.29 is 24.2 Å². The highest BCUT2D eigenvalue weighted by Crippen LogP contribution is 2.34. The number of carbonyl (C=O) groups is 2. The summed E-state index contributed by atoms with van der Waals surface area (Å²) in [5, 5.41) is 10.5. The molecule has 0 aromatic heterocycles. The van der Waals surface area contributed by atoms with E-state index in [2.05, 4.69) is 0 Å². The van der Waals surface area contributed by atoms with Gasteiger partial charge in [0.15, 0.2) is 11.5 Å². The molecule has 0 atom stereocenters. The number of amides is 1. The van der Waals surface area contributed by atoms with Gasteiger partial charge >= 0.3 is 0 Å². The molecular formula is C18H20NO5S2-. The number of ether oxygens (including phenoxy) is 2. The lowest BCUT2D eigenvalue weighted by Gasteiger charge is -2.14. The number of rotatable bonds is 9. The Morgan fingerprint density at radius 3 is 2.81 bits per heavy atom. The summed E-state index contributed by atoms with van der Waals surface area (Å²) in [7, 11) is 1.56. The van der Waals surface area contributed by atoms with Crippen molar-refractivity contribution in [2.45, 2.75) is 26.2 Å². The van der Waals surface area contributed by atoms with E-state index in [0.717, 1.165) is 12.0 Å². The summed E-state index contributed by atoms with van der Waals surface area (Å²) in [5.41, 5.74) is 0.793. The summed E-state index contributed by atoms with van der Waals surface area (Å²) in [6.07, 6.45) is 2.83. The normalized spacial score (nSPS) is 15.6. The van der Waals surface area contributed by atoms with Crippen LogP contribution < -0.4 is 14.6 Å². The Labute approximate surface area is 162 Å². The van der Waals surface area contributed by atoms with Crippen LogP contribution in [0, 0.1) is 0 Å². The van der Waals surface area contributed by atoms with Crippen LogP contribution in [-0.2, 0) is 9.59 Å². The van der Waals surface area contributed by atoms with Gasteiger partial charge < -0.3 is 19.4 Å². The number of thioether (sulfide) groups is 1. The summed E-state index contributed by atoms with van der Waals surface area (Å²) in [6.45, 7) is 2.89. The molecule has 8 heteroatoms. The summed E-state index contributed by atoms with van der Waals surface area (Å²) in [6, 6.07) is 5.45. The molecule has 1 amide bonds. The zero-order valence-electron chi connectivity index (χ0n) is 14.6. The molecule has 2 rings (SSSR count). The molecule has 0 aliphatic carbocycles. The zero-order valence-corrected chi connectivity index (χ0v) is 16.3. The second-order valence-electron chi connectivity index (χ2n) is 5.57. The fraction of sp³-hybridized carbons (Fsp3) is 0.389. The lowest BCUT2D eigenvalue weighted by atomic mass is 10.2. The number of aliphatic carboxylic acids is 1. The topological polar surface area (TPSA) is 78.9 Å². The minimum absolute atomic E-state index is 0.105. The highest BCUT2D eigenvalue weighted by Gasteiger charge is 2.31. The van der Waals surface area contributed by atoms with Crippen LogP contribution in [0.15, 0.2) is 23.1 Å². The van der Waals surface area contributed by atoms with Crippen LogP contribution >= 0.6 is 24.0 Å². The maximum absolute atomic E-state index is 12.5. The molecule has 1 aliphatic heterocycles. The number of hydrogen-bond donors (Lipinski definition) is 0. The maximum Gasteiger partial charge on any atom is 0.266 e. The Hall–Kier alpha value is -2.06. The number of carboxylic acids is 1. The van der Waals surface area contributed by atoms with Gasteiger partial charge in [0.05, 0.1) is 18.6 Å². The summed E-state index contributed by atoms with van der Waals surface area (Å²) < 4.78 is 11.4. The van der Waals surface area contributed by atoms with Crippen molar-refractivity contribution in [2.24, 2.45) is 0 Å². The largest absolute Gasteiger partial charge is 0.550 e. The fourth-order valence-electron chi connectivity index (χ4n) is 2.33. The van der Waals surface area contributed by atoms with Crippen molar-refractivity contribution in [3.8, 4) is 11.5 Å². The first-order chi connectivity index (χ1) is 12.5. The molecule has 1 fully saturated rings. The van der Waals surface area contributed by atoms with E-state index in [4.69, 9.17) is 21.7 Å². The van der Waals surface area contributed by atoms with Gasteiger partial charge in [-0.1, -0.05) is 37.0 Å². The Bertz CT molecular complexity index is 732. The molecule has 0 bridgehead atoms. The second-order valence-corrected chi connectivity index (χ2v) is 7.24. The molecule has 0 saturated carbocycles. The van der Waals surface area contributed by atoms with Gasteiger partial charge in [-0.25, -0.2) is 0 Å². The summed E-state index contributed by atoms with van der Waals surface area (Å²) in [5.74, 6) is -0.106. The average Bonchev–Trinajstić information content (AvgIpc) is 2.87. The van der Waals surface area contributed by atoms with Crippen molar-refractivity contribution in [1.82, 2.24) is 4.90 Å². The number of thiocarbonyl (C=S) groups is 1. The number of nitrogens with zero attached hydrogens (tertiary/aromatic N) is 1. The van der Waals surface area contributed by atoms with Gasteiger partial charge in [0.2, 0.25) is 0 Å². The van der Waals surface area contributed by atoms with Crippen LogP contribution in [0.1, 0.15) is 31.7 Å². The molecule has 140 valence electrons. The van der Waals surface area contributed by atoms with Gasteiger partial charge in [-0.3, -0.25) is 9.69 Å². The standard InChI is InChI=1S/C18H21NO5S2/c1-3-9-24-13-7-6-12(10-14(13)23-2)11-15-17(22)19(18(25)26-15)8-4-5-16(20)21/h6-7,10-11H,3-5,8-9H2,1-2H3,(H,20,21)/p-1/b15-11-. The predicted octanol–water partition coefficient (Wildman–Crippen LogP) is 2.22.